The van der Waals surface area contributed by atoms with Gasteiger partial charge in [0.05, 0.1) is 5.25 Å². The van der Waals surface area contributed by atoms with Crippen LogP contribution in [0.25, 0.3) is 0 Å². The molecule has 23 heavy (non-hydrogen) atoms. The second-order valence-electron chi connectivity index (χ2n) is 5.57. The molecule has 2 aromatic rings. The molecule has 0 aromatic heterocycles. The monoisotopic (exact) mass is 332 g/mol. The molecule has 0 amide bonds. The molecule has 2 unspecified atom stereocenters. The zero-order valence-electron chi connectivity index (χ0n) is 13.3. The topological polar surface area (TPSA) is 26.3 Å². The van der Waals surface area contributed by atoms with Gasteiger partial charge in [-0.2, -0.15) is 12.6 Å². The first-order valence-electron chi connectivity index (χ1n) is 7.68. The van der Waals surface area contributed by atoms with Crippen molar-refractivity contribution in [1.29, 1.82) is 0 Å². The summed E-state index contributed by atoms with van der Waals surface area (Å²) in [5, 5.41) is -0.313. The van der Waals surface area contributed by atoms with Gasteiger partial charge in [-0.3, -0.25) is 4.79 Å². The molecule has 0 saturated heterocycles. The normalized spacial score (nSPS) is 13.4. The number of hydrogen-bond donors (Lipinski definition) is 1. The van der Waals surface area contributed by atoms with Gasteiger partial charge in [0, 0.05) is 12.8 Å². The molecule has 0 bridgehead atoms. The van der Waals surface area contributed by atoms with E-state index >= 15 is 0 Å². The molecule has 2 nitrogen and oxygen atoms in total. The summed E-state index contributed by atoms with van der Waals surface area (Å²) in [6, 6.07) is 14.2. The van der Waals surface area contributed by atoms with Crippen LogP contribution in [0.2, 0.25) is 0 Å². The minimum absolute atomic E-state index is 0.261. The Balaban J connectivity index is 2.20. The first-order valence-corrected chi connectivity index (χ1v) is 8.19. The quantitative estimate of drug-likeness (QED) is 0.614. The second-order valence-corrected chi connectivity index (χ2v) is 6.12. The fraction of sp³-hybridized carbons (Fsp3) is 0.316. The number of carbonyl (C=O) groups excluding carboxylic acids is 1. The first kappa shape index (κ1) is 17.5. The summed E-state index contributed by atoms with van der Waals surface area (Å²) in [5.41, 5.74) is 3.08. The molecule has 0 aliphatic heterocycles. The number of esters is 1. The SMILES string of the molecule is CCC(=O)OC(Cc1ccc(C)cc1)C(S)c1ccc(F)cc1. The van der Waals surface area contributed by atoms with Crippen LogP contribution in [-0.2, 0) is 16.0 Å². The van der Waals surface area contributed by atoms with Gasteiger partial charge in [0.25, 0.3) is 0 Å². The van der Waals surface area contributed by atoms with Crippen molar-refractivity contribution in [3.8, 4) is 0 Å². The lowest BCUT2D eigenvalue weighted by molar-refractivity contribution is -0.148. The molecule has 0 radical (unpaired) electrons. The Kier molecular flexibility index (Phi) is 6.22. The Hall–Kier alpha value is -1.81. The van der Waals surface area contributed by atoms with Gasteiger partial charge in [-0.25, -0.2) is 4.39 Å². The van der Waals surface area contributed by atoms with Crippen LogP contribution in [0.3, 0.4) is 0 Å². The number of rotatable bonds is 6. The molecule has 0 saturated carbocycles. The minimum Gasteiger partial charge on any atom is -0.460 e. The van der Waals surface area contributed by atoms with E-state index in [2.05, 4.69) is 12.6 Å². The fourth-order valence-corrected chi connectivity index (χ4v) is 2.64. The second kappa shape index (κ2) is 8.16. The summed E-state index contributed by atoms with van der Waals surface area (Å²) in [5.74, 6) is -0.557. The summed E-state index contributed by atoms with van der Waals surface area (Å²) in [4.78, 5) is 11.7. The molecule has 2 aromatic carbocycles. The predicted octanol–water partition coefficient (Wildman–Crippen LogP) is 4.67. The Labute approximate surface area is 142 Å². The van der Waals surface area contributed by atoms with Crippen molar-refractivity contribution < 1.29 is 13.9 Å². The Morgan fingerprint density at radius 2 is 1.74 bits per heavy atom. The number of hydrogen-bond acceptors (Lipinski definition) is 3. The maximum Gasteiger partial charge on any atom is 0.305 e. The Morgan fingerprint density at radius 3 is 2.30 bits per heavy atom. The maximum atomic E-state index is 13.1. The molecule has 0 aliphatic carbocycles. The van der Waals surface area contributed by atoms with Crippen molar-refractivity contribution in [1.82, 2.24) is 0 Å². The van der Waals surface area contributed by atoms with Crippen molar-refractivity contribution in [2.45, 2.75) is 38.0 Å². The number of carbonyl (C=O) groups is 1. The molecular weight excluding hydrogens is 311 g/mol. The van der Waals surface area contributed by atoms with E-state index in [1.165, 1.54) is 17.7 Å². The van der Waals surface area contributed by atoms with Crippen LogP contribution in [0.1, 0.15) is 35.3 Å². The average molecular weight is 332 g/mol. The summed E-state index contributed by atoms with van der Waals surface area (Å²) in [6.07, 6.45) is 0.477. The van der Waals surface area contributed by atoms with E-state index in [1.54, 1.807) is 19.1 Å². The third-order valence-corrected chi connectivity index (χ3v) is 4.32. The zero-order valence-corrected chi connectivity index (χ0v) is 14.2. The lowest BCUT2D eigenvalue weighted by Crippen LogP contribution is -2.25. The van der Waals surface area contributed by atoms with Crippen LogP contribution in [0.15, 0.2) is 48.5 Å². The summed E-state index contributed by atoms with van der Waals surface area (Å²) >= 11 is 4.61. The third-order valence-electron chi connectivity index (χ3n) is 3.69. The maximum absolute atomic E-state index is 13.1. The summed E-state index contributed by atoms with van der Waals surface area (Å²) in [6.45, 7) is 3.79. The van der Waals surface area contributed by atoms with E-state index < -0.39 is 6.10 Å². The molecule has 0 aliphatic rings. The minimum atomic E-state index is -0.404. The number of thiol groups is 1. The van der Waals surface area contributed by atoms with Crippen LogP contribution in [-0.4, -0.2) is 12.1 Å². The van der Waals surface area contributed by atoms with Crippen molar-refractivity contribution >= 4 is 18.6 Å². The lowest BCUT2D eigenvalue weighted by Gasteiger charge is -2.24. The number of ether oxygens (including phenoxy) is 1. The summed E-state index contributed by atoms with van der Waals surface area (Å²) < 4.78 is 18.7. The summed E-state index contributed by atoms with van der Waals surface area (Å²) in [7, 11) is 0. The standard InChI is InChI=1S/C19H21FO2S/c1-3-18(21)22-17(12-14-6-4-13(2)5-7-14)19(23)15-8-10-16(20)11-9-15/h4-11,17,19,23H,3,12H2,1-2H3. The van der Waals surface area contributed by atoms with Gasteiger partial charge in [-0.15, -0.1) is 0 Å². The van der Waals surface area contributed by atoms with Crippen molar-refractivity contribution in [3.63, 3.8) is 0 Å². The Bertz CT molecular complexity index is 637. The number of benzene rings is 2. The van der Waals surface area contributed by atoms with Gasteiger partial charge >= 0.3 is 5.97 Å². The van der Waals surface area contributed by atoms with Gasteiger partial charge in [-0.1, -0.05) is 48.9 Å². The van der Waals surface area contributed by atoms with E-state index in [-0.39, 0.29) is 17.0 Å². The largest absolute Gasteiger partial charge is 0.460 e. The van der Waals surface area contributed by atoms with Crippen molar-refractivity contribution in [2.24, 2.45) is 0 Å². The fourth-order valence-electron chi connectivity index (χ4n) is 2.30. The first-order chi connectivity index (χ1) is 11.0. The van der Waals surface area contributed by atoms with Crippen LogP contribution >= 0.6 is 12.6 Å². The van der Waals surface area contributed by atoms with Crippen LogP contribution in [0, 0.1) is 12.7 Å². The van der Waals surface area contributed by atoms with Gasteiger partial charge in [0.15, 0.2) is 0 Å². The van der Waals surface area contributed by atoms with Crippen LogP contribution < -0.4 is 0 Å². The number of aryl methyl sites for hydroxylation is 1. The molecular formula is C19H21FO2S. The van der Waals surface area contributed by atoms with Gasteiger partial charge < -0.3 is 4.74 Å². The highest BCUT2D eigenvalue weighted by Crippen LogP contribution is 2.29. The molecule has 2 atom stereocenters. The lowest BCUT2D eigenvalue weighted by atomic mass is 9.99. The average Bonchev–Trinajstić information content (AvgIpc) is 2.56. The molecule has 4 heteroatoms. The van der Waals surface area contributed by atoms with E-state index in [9.17, 15) is 9.18 Å². The van der Waals surface area contributed by atoms with Gasteiger partial charge in [0.2, 0.25) is 0 Å². The smallest absolute Gasteiger partial charge is 0.305 e. The number of halogens is 1. The highest BCUT2D eigenvalue weighted by atomic mass is 32.1. The molecule has 122 valence electrons. The molecule has 0 heterocycles. The zero-order chi connectivity index (χ0) is 16.8. The van der Waals surface area contributed by atoms with Crippen molar-refractivity contribution in [3.05, 3.63) is 71.0 Å². The van der Waals surface area contributed by atoms with E-state index in [0.29, 0.717) is 12.8 Å². The highest BCUT2D eigenvalue weighted by molar-refractivity contribution is 7.80. The van der Waals surface area contributed by atoms with Crippen molar-refractivity contribution in [2.75, 3.05) is 0 Å². The third kappa shape index (κ3) is 5.10. The predicted molar refractivity (Wildman–Crippen MR) is 93.2 cm³/mol. The molecule has 0 spiro atoms. The molecule has 0 fully saturated rings. The highest BCUT2D eigenvalue weighted by Gasteiger charge is 2.24. The molecule has 2 rings (SSSR count). The van der Waals surface area contributed by atoms with Gasteiger partial charge in [-0.05, 0) is 30.2 Å². The van der Waals surface area contributed by atoms with Gasteiger partial charge in [0.1, 0.15) is 11.9 Å². The van der Waals surface area contributed by atoms with Crippen LogP contribution in [0.4, 0.5) is 4.39 Å². The van der Waals surface area contributed by atoms with Crippen LogP contribution in [0.5, 0.6) is 0 Å². The molecule has 0 N–H and O–H groups in total. The van der Waals surface area contributed by atoms with E-state index in [1.807, 2.05) is 31.2 Å². The van der Waals surface area contributed by atoms with E-state index in [0.717, 1.165) is 11.1 Å². The van der Waals surface area contributed by atoms with E-state index in [4.69, 9.17) is 4.74 Å². The Morgan fingerprint density at radius 1 is 1.13 bits per heavy atom.